The average molecular weight is 323 g/mol. The van der Waals surface area contributed by atoms with Crippen LogP contribution in [0.2, 0.25) is 0 Å². The van der Waals surface area contributed by atoms with E-state index in [1.165, 1.54) is 13.8 Å². The SMILES string of the molecule is CCOC(=O)C(C)(C)Oc1cc(Br)c(F)cc1F. The van der Waals surface area contributed by atoms with E-state index in [9.17, 15) is 13.6 Å². The highest BCUT2D eigenvalue weighted by Crippen LogP contribution is 2.28. The predicted molar refractivity (Wildman–Crippen MR) is 65.4 cm³/mol. The summed E-state index contributed by atoms with van der Waals surface area (Å²) in [6.45, 7) is 4.74. The van der Waals surface area contributed by atoms with Crippen LogP contribution in [0.4, 0.5) is 8.78 Å². The quantitative estimate of drug-likeness (QED) is 0.629. The molecule has 3 nitrogen and oxygen atoms in total. The second-order valence-electron chi connectivity index (χ2n) is 4.03. The molecular formula is C12H13BrF2O3. The molecule has 0 fully saturated rings. The van der Waals surface area contributed by atoms with Gasteiger partial charge in [0.2, 0.25) is 0 Å². The Morgan fingerprint density at radius 3 is 2.50 bits per heavy atom. The van der Waals surface area contributed by atoms with Crippen LogP contribution in [0.15, 0.2) is 16.6 Å². The van der Waals surface area contributed by atoms with Gasteiger partial charge in [-0.05, 0) is 36.7 Å². The summed E-state index contributed by atoms with van der Waals surface area (Å²) in [5.41, 5.74) is -1.35. The van der Waals surface area contributed by atoms with Gasteiger partial charge in [-0.3, -0.25) is 0 Å². The van der Waals surface area contributed by atoms with E-state index in [2.05, 4.69) is 15.9 Å². The van der Waals surface area contributed by atoms with Crippen molar-refractivity contribution in [3.8, 4) is 5.75 Å². The summed E-state index contributed by atoms with van der Waals surface area (Å²) in [7, 11) is 0. The van der Waals surface area contributed by atoms with Gasteiger partial charge >= 0.3 is 5.97 Å². The minimum atomic E-state index is -1.35. The number of ether oxygens (including phenoxy) is 2. The van der Waals surface area contributed by atoms with Crippen molar-refractivity contribution in [2.75, 3.05) is 6.61 Å². The van der Waals surface area contributed by atoms with Crippen LogP contribution in [0.5, 0.6) is 5.75 Å². The first-order valence-corrected chi connectivity index (χ1v) is 6.08. The number of hydrogen-bond acceptors (Lipinski definition) is 3. The first kappa shape index (κ1) is 14.9. The number of halogens is 3. The average Bonchev–Trinajstić information content (AvgIpc) is 2.26. The zero-order chi connectivity index (χ0) is 13.9. The molecule has 100 valence electrons. The minimum Gasteiger partial charge on any atom is -0.473 e. The van der Waals surface area contributed by atoms with Crippen LogP contribution in [0.25, 0.3) is 0 Å². The summed E-state index contributed by atoms with van der Waals surface area (Å²) in [6.07, 6.45) is 0. The first-order valence-electron chi connectivity index (χ1n) is 5.28. The third kappa shape index (κ3) is 3.41. The van der Waals surface area contributed by atoms with Gasteiger partial charge in [0, 0.05) is 12.1 Å². The highest BCUT2D eigenvalue weighted by molar-refractivity contribution is 9.10. The molecule has 0 saturated heterocycles. The van der Waals surface area contributed by atoms with Gasteiger partial charge in [-0.1, -0.05) is 0 Å². The molecule has 0 aliphatic carbocycles. The fraction of sp³-hybridized carbons (Fsp3) is 0.417. The van der Waals surface area contributed by atoms with Gasteiger partial charge in [0.05, 0.1) is 11.1 Å². The Kier molecular flexibility index (Phi) is 4.67. The predicted octanol–water partition coefficient (Wildman–Crippen LogP) is 3.45. The maximum absolute atomic E-state index is 13.5. The van der Waals surface area contributed by atoms with Gasteiger partial charge in [0.25, 0.3) is 0 Å². The van der Waals surface area contributed by atoms with Gasteiger partial charge in [0.1, 0.15) is 5.82 Å². The van der Waals surface area contributed by atoms with Gasteiger partial charge in [0.15, 0.2) is 17.2 Å². The van der Waals surface area contributed by atoms with Crippen LogP contribution in [0, 0.1) is 11.6 Å². The zero-order valence-electron chi connectivity index (χ0n) is 10.2. The summed E-state index contributed by atoms with van der Waals surface area (Å²) >= 11 is 2.92. The van der Waals surface area contributed by atoms with Crippen molar-refractivity contribution in [1.29, 1.82) is 0 Å². The Labute approximate surface area is 112 Å². The molecule has 18 heavy (non-hydrogen) atoms. The molecule has 0 aromatic heterocycles. The molecule has 6 heteroatoms. The van der Waals surface area contributed by atoms with E-state index in [4.69, 9.17) is 9.47 Å². The van der Waals surface area contributed by atoms with Crippen LogP contribution < -0.4 is 4.74 Å². The fourth-order valence-corrected chi connectivity index (χ4v) is 1.53. The van der Waals surface area contributed by atoms with E-state index in [0.717, 1.165) is 6.07 Å². The summed E-state index contributed by atoms with van der Waals surface area (Å²) in [4.78, 5) is 11.6. The molecule has 0 atom stereocenters. The Bertz CT molecular complexity index is 461. The van der Waals surface area contributed by atoms with Gasteiger partial charge in [-0.25, -0.2) is 13.6 Å². The van der Waals surface area contributed by atoms with Crippen LogP contribution in [-0.2, 0) is 9.53 Å². The summed E-state index contributed by atoms with van der Waals surface area (Å²) < 4.78 is 36.6. The largest absolute Gasteiger partial charge is 0.473 e. The van der Waals surface area contributed by atoms with Crippen LogP contribution in [-0.4, -0.2) is 18.2 Å². The molecule has 0 amide bonds. The van der Waals surface area contributed by atoms with Crippen molar-refractivity contribution in [3.63, 3.8) is 0 Å². The second kappa shape index (κ2) is 5.65. The number of rotatable bonds is 4. The summed E-state index contributed by atoms with van der Waals surface area (Å²) in [6, 6.07) is 1.81. The highest BCUT2D eigenvalue weighted by atomic mass is 79.9. The van der Waals surface area contributed by atoms with Crippen LogP contribution in [0.3, 0.4) is 0 Å². The molecule has 0 aliphatic heterocycles. The van der Waals surface area contributed by atoms with Crippen molar-refractivity contribution in [3.05, 3.63) is 28.2 Å². The number of esters is 1. The molecule has 0 aliphatic rings. The minimum absolute atomic E-state index is 0.0542. The topological polar surface area (TPSA) is 35.5 Å². The Hall–Kier alpha value is -1.17. The lowest BCUT2D eigenvalue weighted by Crippen LogP contribution is -2.40. The van der Waals surface area contributed by atoms with Crippen LogP contribution >= 0.6 is 15.9 Å². The van der Waals surface area contributed by atoms with Crippen LogP contribution in [0.1, 0.15) is 20.8 Å². The maximum atomic E-state index is 13.5. The highest BCUT2D eigenvalue weighted by Gasteiger charge is 2.32. The second-order valence-corrected chi connectivity index (χ2v) is 4.88. The number of carbonyl (C=O) groups is 1. The summed E-state index contributed by atoms with van der Waals surface area (Å²) in [5.74, 6) is -2.46. The van der Waals surface area contributed by atoms with Crippen molar-refractivity contribution in [2.45, 2.75) is 26.4 Å². The summed E-state index contributed by atoms with van der Waals surface area (Å²) in [5, 5.41) is 0. The molecule has 0 unspecified atom stereocenters. The van der Waals surface area contributed by atoms with E-state index >= 15 is 0 Å². The third-order valence-electron chi connectivity index (χ3n) is 2.11. The van der Waals surface area contributed by atoms with Crippen molar-refractivity contribution < 1.29 is 23.0 Å². The molecule has 1 rings (SSSR count). The molecule has 1 aromatic rings. The molecular weight excluding hydrogens is 310 g/mol. The number of carbonyl (C=O) groups excluding carboxylic acids is 1. The molecule has 0 heterocycles. The standard InChI is InChI=1S/C12H13BrF2O3/c1-4-17-11(16)12(2,3)18-10-5-7(13)8(14)6-9(10)15/h5-6H,4H2,1-3H3. The van der Waals surface area contributed by atoms with E-state index in [1.807, 2.05) is 0 Å². The molecule has 0 saturated carbocycles. The molecule has 1 aromatic carbocycles. The van der Waals surface area contributed by atoms with Crippen molar-refractivity contribution in [2.24, 2.45) is 0 Å². The van der Waals surface area contributed by atoms with Crippen molar-refractivity contribution >= 4 is 21.9 Å². The van der Waals surface area contributed by atoms with E-state index in [1.54, 1.807) is 6.92 Å². The lowest BCUT2D eigenvalue weighted by molar-refractivity contribution is -0.158. The Morgan fingerprint density at radius 2 is 1.94 bits per heavy atom. The lowest BCUT2D eigenvalue weighted by Gasteiger charge is -2.24. The monoisotopic (exact) mass is 322 g/mol. The van der Waals surface area contributed by atoms with Gasteiger partial charge < -0.3 is 9.47 Å². The molecule has 0 N–H and O–H groups in total. The maximum Gasteiger partial charge on any atom is 0.349 e. The molecule has 0 radical (unpaired) electrons. The first-order chi connectivity index (χ1) is 8.27. The van der Waals surface area contributed by atoms with E-state index in [0.29, 0.717) is 6.07 Å². The Morgan fingerprint density at radius 1 is 1.33 bits per heavy atom. The van der Waals surface area contributed by atoms with Gasteiger partial charge in [-0.15, -0.1) is 0 Å². The Balaban J connectivity index is 2.97. The number of hydrogen-bond donors (Lipinski definition) is 0. The van der Waals surface area contributed by atoms with E-state index in [-0.39, 0.29) is 16.8 Å². The van der Waals surface area contributed by atoms with Crippen molar-refractivity contribution in [1.82, 2.24) is 0 Å². The lowest BCUT2D eigenvalue weighted by atomic mass is 10.1. The number of benzene rings is 1. The molecule has 0 bridgehead atoms. The fourth-order valence-electron chi connectivity index (χ4n) is 1.20. The normalized spacial score (nSPS) is 11.2. The molecule has 0 spiro atoms. The smallest absolute Gasteiger partial charge is 0.349 e. The van der Waals surface area contributed by atoms with Gasteiger partial charge in [-0.2, -0.15) is 0 Å². The zero-order valence-corrected chi connectivity index (χ0v) is 11.8. The third-order valence-corrected chi connectivity index (χ3v) is 2.71. The van der Waals surface area contributed by atoms with E-state index < -0.39 is 23.2 Å².